The van der Waals surface area contributed by atoms with E-state index in [1.165, 1.54) is 6.42 Å². The molecule has 0 aromatic rings. The van der Waals surface area contributed by atoms with E-state index in [2.05, 4.69) is 38.3 Å². The van der Waals surface area contributed by atoms with E-state index < -0.39 is 0 Å². The highest BCUT2D eigenvalue weighted by atomic mass is 16.1. The quantitative estimate of drug-likeness (QED) is 0.807. The number of hydrogen-bond donors (Lipinski definition) is 2. The summed E-state index contributed by atoms with van der Waals surface area (Å²) in [5.74, 6) is 0.523. The van der Waals surface area contributed by atoms with Crippen molar-refractivity contribution in [1.29, 1.82) is 0 Å². The number of carbonyl (C=O) groups excluding carboxylic acids is 1. The molecule has 0 radical (unpaired) electrons. The Labute approximate surface area is 117 Å². The van der Waals surface area contributed by atoms with Crippen molar-refractivity contribution in [1.82, 2.24) is 10.6 Å². The minimum absolute atomic E-state index is 0.231. The summed E-state index contributed by atoms with van der Waals surface area (Å²) in [5.41, 5.74) is 0.682. The zero-order valence-corrected chi connectivity index (χ0v) is 13.0. The molecule has 2 fully saturated rings. The van der Waals surface area contributed by atoms with Gasteiger partial charge in [0, 0.05) is 12.0 Å². The summed E-state index contributed by atoms with van der Waals surface area (Å²) in [6.45, 7) is 11.3. The van der Waals surface area contributed by atoms with Gasteiger partial charge < -0.3 is 10.6 Å². The van der Waals surface area contributed by atoms with Crippen LogP contribution in [0.1, 0.15) is 59.8 Å². The van der Waals surface area contributed by atoms with Crippen molar-refractivity contribution in [2.75, 3.05) is 13.1 Å². The third kappa shape index (κ3) is 4.20. The fourth-order valence-corrected chi connectivity index (χ4v) is 4.35. The van der Waals surface area contributed by atoms with Gasteiger partial charge >= 0.3 is 0 Å². The Morgan fingerprint density at radius 3 is 2.11 bits per heavy atom. The summed E-state index contributed by atoms with van der Waals surface area (Å²) >= 11 is 0. The Morgan fingerprint density at radius 2 is 1.58 bits per heavy atom. The minimum atomic E-state index is 0.231. The molecule has 2 rings (SSSR count). The number of rotatable bonds is 2. The molecule has 1 aliphatic carbocycles. The molecule has 1 heterocycles. The van der Waals surface area contributed by atoms with Crippen molar-refractivity contribution in [3.63, 3.8) is 0 Å². The van der Waals surface area contributed by atoms with Gasteiger partial charge in [-0.05, 0) is 56.0 Å². The second-order valence-electron chi connectivity index (χ2n) is 8.14. The summed E-state index contributed by atoms with van der Waals surface area (Å²) in [6.07, 6.45) is 5.47. The molecule has 0 unspecified atom stereocenters. The third-order valence-electron chi connectivity index (χ3n) is 4.61. The highest BCUT2D eigenvalue weighted by Gasteiger charge is 2.39. The number of nitrogens with one attached hydrogen (secondary N) is 2. The molecule has 1 amide bonds. The lowest BCUT2D eigenvalue weighted by molar-refractivity contribution is -0.127. The number of piperidine rings is 1. The van der Waals surface area contributed by atoms with E-state index in [-0.39, 0.29) is 5.92 Å². The van der Waals surface area contributed by atoms with Crippen LogP contribution in [0.25, 0.3) is 0 Å². The number of amides is 1. The fraction of sp³-hybridized carbons (Fsp3) is 0.938. The number of carbonyl (C=O) groups is 1. The molecule has 1 saturated heterocycles. The predicted molar refractivity (Wildman–Crippen MR) is 78.9 cm³/mol. The molecule has 0 atom stereocenters. The van der Waals surface area contributed by atoms with E-state index in [0.717, 1.165) is 38.8 Å². The second-order valence-corrected chi connectivity index (χ2v) is 8.14. The molecule has 110 valence electrons. The van der Waals surface area contributed by atoms with Gasteiger partial charge in [-0.3, -0.25) is 4.79 Å². The minimum Gasteiger partial charge on any atom is -0.353 e. The van der Waals surface area contributed by atoms with Gasteiger partial charge in [-0.15, -0.1) is 0 Å². The molecule has 1 saturated carbocycles. The van der Waals surface area contributed by atoms with E-state index in [9.17, 15) is 4.79 Å². The molecule has 0 aromatic carbocycles. The molecule has 0 aromatic heterocycles. The van der Waals surface area contributed by atoms with Crippen molar-refractivity contribution in [2.45, 2.75) is 65.8 Å². The summed E-state index contributed by atoms with van der Waals surface area (Å²) in [6, 6.07) is 0.362. The van der Waals surface area contributed by atoms with Crippen molar-refractivity contribution in [3.8, 4) is 0 Å². The first-order chi connectivity index (χ1) is 8.77. The SMILES string of the molecule is CC1(C)CC(NC(=O)C2CCNCC2)CC(C)(C)C1. The summed E-state index contributed by atoms with van der Waals surface area (Å²) in [7, 11) is 0. The lowest BCUT2D eigenvalue weighted by Crippen LogP contribution is -2.48. The zero-order chi connectivity index (χ0) is 14.1. The highest BCUT2D eigenvalue weighted by molar-refractivity contribution is 5.79. The predicted octanol–water partition coefficient (Wildman–Crippen LogP) is 2.71. The Kier molecular flexibility index (Phi) is 4.24. The largest absolute Gasteiger partial charge is 0.353 e. The van der Waals surface area contributed by atoms with Crippen LogP contribution in [0.15, 0.2) is 0 Å². The first-order valence-corrected chi connectivity index (χ1v) is 7.79. The summed E-state index contributed by atoms with van der Waals surface area (Å²) < 4.78 is 0. The van der Waals surface area contributed by atoms with Crippen LogP contribution in [-0.2, 0) is 4.79 Å². The maximum atomic E-state index is 12.3. The molecule has 1 aliphatic heterocycles. The van der Waals surface area contributed by atoms with Crippen LogP contribution >= 0.6 is 0 Å². The van der Waals surface area contributed by atoms with Gasteiger partial charge in [0.1, 0.15) is 0 Å². The Hall–Kier alpha value is -0.570. The Morgan fingerprint density at radius 1 is 1.05 bits per heavy atom. The molecule has 3 nitrogen and oxygen atoms in total. The molecule has 2 aliphatic rings. The van der Waals surface area contributed by atoms with Crippen LogP contribution in [0, 0.1) is 16.7 Å². The van der Waals surface area contributed by atoms with Crippen LogP contribution in [0.4, 0.5) is 0 Å². The number of hydrogen-bond acceptors (Lipinski definition) is 2. The molecule has 3 heteroatoms. The maximum Gasteiger partial charge on any atom is 0.223 e. The van der Waals surface area contributed by atoms with E-state index in [4.69, 9.17) is 0 Å². The first-order valence-electron chi connectivity index (χ1n) is 7.79. The highest BCUT2D eigenvalue weighted by Crippen LogP contribution is 2.45. The molecular formula is C16H30N2O. The summed E-state index contributed by atoms with van der Waals surface area (Å²) in [4.78, 5) is 12.3. The van der Waals surface area contributed by atoms with Gasteiger partial charge in [0.25, 0.3) is 0 Å². The van der Waals surface area contributed by atoms with Gasteiger partial charge in [0.2, 0.25) is 5.91 Å². The Balaban J connectivity index is 1.92. The van der Waals surface area contributed by atoms with E-state index >= 15 is 0 Å². The zero-order valence-electron chi connectivity index (χ0n) is 13.0. The van der Waals surface area contributed by atoms with Crippen molar-refractivity contribution >= 4 is 5.91 Å². The van der Waals surface area contributed by atoms with Crippen LogP contribution in [-0.4, -0.2) is 25.0 Å². The lowest BCUT2D eigenvalue weighted by Gasteiger charge is -2.45. The van der Waals surface area contributed by atoms with Gasteiger partial charge in [-0.2, -0.15) is 0 Å². The second kappa shape index (κ2) is 5.43. The van der Waals surface area contributed by atoms with Crippen LogP contribution < -0.4 is 10.6 Å². The van der Waals surface area contributed by atoms with Crippen LogP contribution in [0.2, 0.25) is 0 Å². The van der Waals surface area contributed by atoms with Crippen molar-refractivity contribution in [2.24, 2.45) is 16.7 Å². The van der Waals surface area contributed by atoms with E-state index in [1.54, 1.807) is 0 Å². The lowest BCUT2D eigenvalue weighted by atomic mass is 9.63. The molecule has 2 N–H and O–H groups in total. The Bertz CT molecular complexity index is 314. The molecule has 0 bridgehead atoms. The topological polar surface area (TPSA) is 41.1 Å². The molecular weight excluding hydrogens is 236 g/mol. The van der Waals surface area contributed by atoms with Crippen molar-refractivity contribution < 1.29 is 4.79 Å². The van der Waals surface area contributed by atoms with E-state index in [1.807, 2.05) is 0 Å². The average molecular weight is 266 g/mol. The van der Waals surface area contributed by atoms with Gasteiger partial charge in [0.15, 0.2) is 0 Å². The van der Waals surface area contributed by atoms with Gasteiger partial charge in [-0.1, -0.05) is 27.7 Å². The van der Waals surface area contributed by atoms with Gasteiger partial charge in [0.05, 0.1) is 0 Å². The standard InChI is InChI=1S/C16H30N2O/c1-15(2)9-13(10-16(3,4)11-15)18-14(19)12-5-7-17-8-6-12/h12-13,17H,5-11H2,1-4H3,(H,18,19). The van der Waals surface area contributed by atoms with Crippen molar-refractivity contribution in [3.05, 3.63) is 0 Å². The third-order valence-corrected chi connectivity index (χ3v) is 4.61. The monoisotopic (exact) mass is 266 g/mol. The van der Waals surface area contributed by atoms with E-state index in [0.29, 0.717) is 22.8 Å². The molecule has 0 spiro atoms. The smallest absolute Gasteiger partial charge is 0.223 e. The van der Waals surface area contributed by atoms with Gasteiger partial charge in [-0.25, -0.2) is 0 Å². The average Bonchev–Trinajstić information content (AvgIpc) is 2.25. The fourth-order valence-electron chi connectivity index (χ4n) is 4.35. The first kappa shape index (κ1) is 14.8. The normalized spacial score (nSPS) is 28.0. The van der Waals surface area contributed by atoms with Crippen LogP contribution in [0.3, 0.4) is 0 Å². The maximum absolute atomic E-state index is 12.3. The molecule has 19 heavy (non-hydrogen) atoms. The van der Waals surface area contributed by atoms with Crippen LogP contribution in [0.5, 0.6) is 0 Å². The summed E-state index contributed by atoms with van der Waals surface area (Å²) in [5, 5.41) is 6.65.